The van der Waals surface area contributed by atoms with Crippen molar-refractivity contribution in [1.82, 2.24) is 0 Å². The van der Waals surface area contributed by atoms with E-state index in [9.17, 15) is 4.79 Å². The predicted molar refractivity (Wildman–Crippen MR) is 43.5 cm³/mol. The number of carbonyl (C=O) groups excluding carboxylic acids is 1. The van der Waals surface area contributed by atoms with Crippen LogP contribution >= 0.6 is 24.2 Å². The van der Waals surface area contributed by atoms with Crippen molar-refractivity contribution < 1.29 is 9.53 Å². The fourth-order valence-electron chi connectivity index (χ4n) is 0.321. The summed E-state index contributed by atoms with van der Waals surface area (Å²) in [5, 5.41) is 0. The number of thiol groups is 1. The summed E-state index contributed by atoms with van der Waals surface area (Å²) in [6.45, 7) is 0.210. The first-order valence-corrected chi connectivity index (χ1v) is 3.98. The molecule has 10 heavy (non-hydrogen) atoms. The molecular weight excluding hydrogens is 174 g/mol. The van der Waals surface area contributed by atoms with Crippen LogP contribution in [0.25, 0.3) is 0 Å². The topological polar surface area (TPSA) is 52.3 Å². The van der Waals surface area contributed by atoms with Crippen LogP contribution < -0.4 is 5.73 Å². The largest absolute Gasteiger partial charge is 0.463 e. The Bertz CT molecular complexity index is 112. The summed E-state index contributed by atoms with van der Waals surface area (Å²) in [6, 6.07) is -0.633. The Morgan fingerprint density at radius 1 is 1.80 bits per heavy atom. The zero-order chi connectivity index (χ0) is 7.98. The van der Waals surface area contributed by atoms with E-state index in [1.807, 2.05) is 0 Å². The monoisotopic (exact) mass is 183 g/mol. The molecule has 0 spiro atoms. The van der Waals surface area contributed by atoms with E-state index in [2.05, 4.69) is 17.4 Å². The second-order valence-electron chi connectivity index (χ2n) is 1.65. The van der Waals surface area contributed by atoms with Gasteiger partial charge in [-0.3, -0.25) is 4.79 Å². The third-order valence-electron chi connectivity index (χ3n) is 0.821. The molecule has 0 rings (SSSR count). The molecule has 0 unspecified atom stereocenters. The summed E-state index contributed by atoms with van der Waals surface area (Å²) < 4.78 is 4.60. The minimum atomic E-state index is -0.633. The maximum atomic E-state index is 10.7. The maximum Gasteiger partial charge on any atom is 0.323 e. The van der Waals surface area contributed by atoms with E-state index in [1.165, 1.54) is 0 Å². The molecule has 0 fully saturated rings. The third kappa shape index (κ3) is 3.98. The first kappa shape index (κ1) is 10.1. The fraction of sp³-hybridized carbons (Fsp3) is 0.800. The summed E-state index contributed by atoms with van der Waals surface area (Å²) in [5.41, 5.74) is 5.26. The number of halogens is 1. The number of ether oxygens (including phenoxy) is 1. The molecule has 0 heterocycles. The summed E-state index contributed by atoms with van der Waals surface area (Å²) in [4.78, 5) is 10.7. The lowest BCUT2D eigenvalue weighted by Gasteiger charge is -2.06. The Balaban J connectivity index is 3.42. The van der Waals surface area contributed by atoms with Crippen molar-refractivity contribution in [2.45, 2.75) is 6.04 Å². The van der Waals surface area contributed by atoms with E-state index in [0.29, 0.717) is 11.6 Å². The van der Waals surface area contributed by atoms with Crippen LogP contribution in [-0.2, 0) is 9.53 Å². The number of carbonyl (C=O) groups is 1. The number of nitrogens with two attached hydrogens (primary N) is 1. The van der Waals surface area contributed by atoms with Crippen LogP contribution in [0.3, 0.4) is 0 Å². The standard InChI is InChI=1S/C5H10ClNO2S/c6-1-2-9-5(8)4(7)3-10/h4,10H,1-3,7H2/t4-/m0/s1. The molecule has 2 N–H and O–H groups in total. The minimum Gasteiger partial charge on any atom is -0.463 e. The number of hydrogen-bond donors (Lipinski definition) is 2. The highest BCUT2D eigenvalue weighted by molar-refractivity contribution is 7.80. The van der Waals surface area contributed by atoms with Crippen molar-refractivity contribution in [3.63, 3.8) is 0 Å². The van der Waals surface area contributed by atoms with E-state index < -0.39 is 12.0 Å². The highest BCUT2D eigenvalue weighted by Gasteiger charge is 2.11. The molecule has 3 nitrogen and oxygen atoms in total. The first-order chi connectivity index (χ1) is 4.72. The van der Waals surface area contributed by atoms with Gasteiger partial charge in [0.05, 0.1) is 5.88 Å². The lowest BCUT2D eigenvalue weighted by atomic mass is 10.4. The van der Waals surface area contributed by atoms with Crippen LogP contribution in [0.4, 0.5) is 0 Å². The molecule has 0 radical (unpaired) electrons. The van der Waals surface area contributed by atoms with E-state index in [0.717, 1.165) is 0 Å². The van der Waals surface area contributed by atoms with Gasteiger partial charge in [0, 0.05) is 5.75 Å². The molecule has 5 heteroatoms. The van der Waals surface area contributed by atoms with Crippen molar-refractivity contribution in [3.05, 3.63) is 0 Å². The predicted octanol–water partition coefficient (Wildman–Crippen LogP) is 0.0255. The van der Waals surface area contributed by atoms with Gasteiger partial charge in [-0.25, -0.2) is 0 Å². The normalized spacial score (nSPS) is 12.7. The van der Waals surface area contributed by atoms with Crippen molar-refractivity contribution in [2.75, 3.05) is 18.2 Å². The fourth-order valence-corrected chi connectivity index (χ4v) is 0.547. The minimum absolute atomic E-state index is 0.210. The highest BCUT2D eigenvalue weighted by atomic mass is 35.5. The molecule has 0 saturated heterocycles. The van der Waals surface area contributed by atoms with Gasteiger partial charge >= 0.3 is 5.97 Å². The van der Waals surface area contributed by atoms with Crippen molar-refractivity contribution >= 4 is 30.2 Å². The van der Waals surface area contributed by atoms with Gasteiger partial charge in [-0.2, -0.15) is 12.6 Å². The molecule has 0 saturated carbocycles. The summed E-state index contributed by atoms with van der Waals surface area (Å²) in [6.07, 6.45) is 0. The Morgan fingerprint density at radius 2 is 2.40 bits per heavy atom. The maximum absolute atomic E-state index is 10.7. The SMILES string of the molecule is N[C@@H](CS)C(=O)OCCCl. The van der Waals surface area contributed by atoms with Gasteiger partial charge in [-0.05, 0) is 0 Å². The summed E-state index contributed by atoms with van der Waals surface area (Å²) in [5.74, 6) is 0.141. The number of esters is 1. The number of alkyl halides is 1. The lowest BCUT2D eigenvalue weighted by molar-refractivity contribution is -0.143. The Morgan fingerprint density at radius 3 is 2.80 bits per heavy atom. The van der Waals surface area contributed by atoms with Crippen LogP contribution in [0.2, 0.25) is 0 Å². The zero-order valence-corrected chi connectivity index (χ0v) is 7.07. The smallest absolute Gasteiger partial charge is 0.323 e. The average molecular weight is 184 g/mol. The molecule has 0 amide bonds. The van der Waals surface area contributed by atoms with E-state index in [-0.39, 0.29) is 6.61 Å². The van der Waals surface area contributed by atoms with Gasteiger partial charge in [-0.15, -0.1) is 11.6 Å². The number of rotatable bonds is 4. The Kier molecular flexibility index (Phi) is 5.87. The summed E-state index contributed by atoms with van der Waals surface area (Å²) in [7, 11) is 0. The van der Waals surface area contributed by atoms with Crippen molar-refractivity contribution in [1.29, 1.82) is 0 Å². The molecule has 0 aliphatic rings. The van der Waals surface area contributed by atoms with Gasteiger partial charge < -0.3 is 10.5 Å². The molecule has 0 bridgehead atoms. The zero-order valence-electron chi connectivity index (χ0n) is 5.42. The lowest BCUT2D eigenvalue weighted by Crippen LogP contribution is -2.34. The Hall–Kier alpha value is 0.0700. The van der Waals surface area contributed by atoms with E-state index >= 15 is 0 Å². The molecule has 0 aromatic carbocycles. The molecule has 60 valence electrons. The second kappa shape index (κ2) is 5.82. The molecule has 0 aliphatic heterocycles. The molecule has 0 aliphatic carbocycles. The van der Waals surface area contributed by atoms with Gasteiger partial charge in [-0.1, -0.05) is 0 Å². The molecule has 0 aromatic heterocycles. The van der Waals surface area contributed by atoms with Crippen LogP contribution in [-0.4, -0.2) is 30.3 Å². The second-order valence-corrected chi connectivity index (χ2v) is 2.39. The quantitative estimate of drug-likeness (QED) is 0.367. The third-order valence-corrected chi connectivity index (χ3v) is 1.37. The van der Waals surface area contributed by atoms with Crippen LogP contribution in [0.5, 0.6) is 0 Å². The van der Waals surface area contributed by atoms with Crippen LogP contribution in [0.1, 0.15) is 0 Å². The molecule has 0 aromatic rings. The van der Waals surface area contributed by atoms with Gasteiger partial charge in [0.2, 0.25) is 0 Å². The van der Waals surface area contributed by atoms with Gasteiger partial charge in [0.1, 0.15) is 12.6 Å². The van der Waals surface area contributed by atoms with Gasteiger partial charge in [0.25, 0.3) is 0 Å². The summed E-state index contributed by atoms with van der Waals surface area (Å²) >= 11 is 9.07. The van der Waals surface area contributed by atoms with Crippen molar-refractivity contribution in [3.8, 4) is 0 Å². The highest BCUT2D eigenvalue weighted by Crippen LogP contribution is 1.88. The number of hydrogen-bond acceptors (Lipinski definition) is 4. The van der Waals surface area contributed by atoms with Crippen molar-refractivity contribution in [2.24, 2.45) is 5.73 Å². The average Bonchev–Trinajstić information content (AvgIpc) is 1.98. The van der Waals surface area contributed by atoms with Gasteiger partial charge in [0.15, 0.2) is 0 Å². The van der Waals surface area contributed by atoms with Crippen LogP contribution in [0.15, 0.2) is 0 Å². The van der Waals surface area contributed by atoms with E-state index in [4.69, 9.17) is 17.3 Å². The van der Waals surface area contributed by atoms with E-state index in [1.54, 1.807) is 0 Å². The Labute approximate surface area is 70.3 Å². The first-order valence-electron chi connectivity index (χ1n) is 2.81. The molecular formula is C5H10ClNO2S. The van der Waals surface area contributed by atoms with Crippen LogP contribution in [0, 0.1) is 0 Å². The molecule has 1 atom stereocenters.